The number of piperidine rings is 1. The van der Waals surface area contributed by atoms with Gasteiger partial charge in [-0.1, -0.05) is 18.9 Å². The normalized spacial score (nSPS) is 26.1. The van der Waals surface area contributed by atoms with Crippen LogP contribution in [0.25, 0.3) is 0 Å². The SMILES string of the molecule is Cc1ccc(C(=O)N2CCC[C@H]3CCCC[C@H]32)c(O)c1. The van der Waals surface area contributed by atoms with Gasteiger partial charge in [0.1, 0.15) is 5.75 Å². The van der Waals surface area contributed by atoms with E-state index in [0.29, 0.717) is 17.5 Å². The minimum absolute atomic E-state index is 0.0131. The van der Waals surface area contributed by atoms with Crippen LogP contribution in [-0.4, -0.2) is 28.5 Å². The van der Waals surface area contributed by atoms with E-state index in [2.05, 4.69) is 0 Å². The van der Waals surface area contributed by atoms with Crippen LogP contribution in [0.4, 0.5) is 0 Å². The van der Waals surface area contributed by atoms with Gasteiger partial charge in [0.25, 0.3) is 5.91 Å². The zero-order chi connectivity index (χ0) is 14.1. The van der Waals surface area contributed by atoms with Crippen LogP contribution in [0.1, 0.15) is 54.4 Å². The van der Waals surface area contributed by atoms with Crippen LogP contribution in [0.5, 0.6) is 5.75 Å². The molecule has 0 unspecified atom stereocenters. The molecule has 20 heavy (non-hydrogen) atoms. The van der Waals surface area contributed by atoms with Gasteiger partial charge in [0, 0.05) is 12.6 Å². The average Bonchev–Trinajstić information content (AvgIpc) is 2.46. The smallest absolute Gasteiger partial charge is 0.257 e. The van der Waals surface area contributed by atoms with E-state index >= 15 is 0 Å². The maximum Gasteiger partial charge on any atom is 0.257 e. The van der Waals surface area contributed by atoms with Gasteiger partial charge in [-0.25, -0.2) is 0 Å². The number of hydrogen-bond acceptors (Lipinski definition) is 2. The Balaban J connectivity index is 1.85. The number of phenols is 1. The van der Waals surface area contributed by atoms with Gasteiger partial charge in [0.15, 0.2) is 0 Å². The molecule has 0 spiro atoms. The number of benzene rings is 1. The molecule has 1 aliphatic carbocycles. The standard InChI is InChI=1S/C17H23NO2/c1-12-8-9-14(16(19)11-12)17(20)18-10-4-6-13-5-2-3-7-15(13)18/h8-9,11,13,15,19H,2-7,10H2,1H3/t13-,15-/m1/s1. The van der Waals surface area contributed by atoms with Crippen LogP contribution in [-0.2, 0) is 0 Å². The van der Waals surface area contributed by atoms with Crippen LogP contribution >= 0.6 is 0 Å². The third-order valence-corrected chi connectivity index (χ3v) is 4.89. The number of carbonyl (C=O) groups excluding carboxylic acids is 1. The van der Waals surface area contributed by atoms with Crippen molar-refractivity contribution in [2.45, 2.75) is 51.5 Å². The zero-order valence-corrected chi connectivity index (χ0v) is 12.1. The van der Waals surface area contributed by atoms with Gasteiger partial charge in [-0.15, -0.1) is 0 Å². The molecule has 1 aromatic rings. The highest BCUT2D eigenvalue weighted by atomic mass is 16.3. The van der Waals surface area contributed by atoms with E-state index in [-0.39, 0.29) is 11.7 Å². The minimum Gasteiger partial charge on any atom is -0.507 e. The Hall–Kier alpha value is -1.51. The van der Waals surface area contributed by atoms with E-state index < -0.39 is 0 Å². The molecule has 1 saturated heterocycles. The van der Waals surface area contributed by atoms with E-state index in [0.717, 1.165) is 24.9 Å². The first kappa shape index (κ1) is 13.5. The number of amides is 1. The molecular weight excluding hydrogens is 250 g/mol. The Bertz CT molecular complexity index is 510. The fourth-order valence-corrected chi connectivity index (χ4v) is 3.85. The number of aromatic hydroxyl groups is 1. The summed E-state index contributed by atoms with van der Waals surface area (Å²) in [5.41, 5.74) is 1.44. The number of rotatable bonds is 1. The van der Waals surface area contributed by atoms with E-state index in [1.165, 1.54) is 25.7 Å². The lowest BCUT2D eigenvalue weighted by molar-refractivity contribution is 0.0388. The molecule has 1 heterocycles. The van der Waals surface area contributed by atoms with Crippen LogP contribution in [0.3, 0.4) is 0 Å². The van der Waals surface area contributed by atoms with Crippen molar-refractivity contribution in [3.05, 3.63) is 29.3 Å². The Morgan fingerprint density at radius 3 is 2.75 bits per heavy atom. The number of nitrogens with zero attached hydrogens (tertiary/aromatic N) is 1. The number of likely N-dealkylation sites (tertiary alicyclic amines) is 1. The summed E-state index contributed by atoms with van der Waals surface area (Å²) in [4.78, 5) is 14.8. The lowest BCUT2D eigenvalue weighted by Crippen LogP contribution is -2.49. The van der Waals surface area contributed by atoms with Crippen LogP contribution in [0.2, 0.25) is 0 Å². The topological polar surface area (TPSA) is 40.5 Å². The summed E-state index contributed by atoms with van der Waals surface area (Å²) >= 11 is 0. The van der Waals surface area contributed by atoms with Gasteiger partial charge in [-0.2, -0.15) is 0 Å². The first-order valence-electron chi connectivity index (χ1n) is 7.77. The fraction of sp³-hybridized carbons (Fsp3) is 0.588. The van der Waals surface area contributed by atoms with Crippen molar-refractivity contribution >= 4 is 5.91 Å². The van der Waals surface area contributed by atoms with Gasteiger partial charge in [0.05, 0.1) is 5.56 Å². The summed E-state index contributed by atoms with van der Waals surface area (Å²) in [6.45, 7) is 2.76. The zero-order valence-electron chi connectivity index (χ0n) is 12.1. The van der Waals surface area contributed by atoms with E-state index in [9.17, 15) is 9.90 Å². The largest absolute Gasteiger partial charge is 0.507 e. The lowest BCUT2D eigenvalue weighted by Gasteiger charge is -2.44. The van der Waals surface area contributed by atoms with Crippen molar-refractivity contribution < 1.29 is 9.90 Å². The predicted octanol–water partition coefficient (Wildman–Crippen LogP) is 3.50. The number of hydrogen-bond donors (Lipinski definition) is 1. The number of phenolic OH excluding ortho intramolecular Hbond substituents is 1. The van der Waals surface area contributed by atoms with Crippen molar-refractivity contribution in [2.75, 3.05) is 6.54 Å². The molecule has 1 N–H and O–H groups in total. The summed E-state index contributed by atoms with van der Waals surface area (Å²) in [5.74, 6) is 0.807. The first-order chi connectivity index (χ1) is 9.66. The van der Waals surface area contributed by atoms with Crippen molar-refractivity contribution in [1.82, 2.24) is 4.90 Å². The predicted molar refractivity (Wildman–Crippen MR) is 78.9 cm³/mol. The quantitative estimate of drug-likeness (QED) is 0.850. The van der Waals surface area contributed by atoms with Gasteiger partial charge < -0.3 is 10.0 Å². The Morgan fingerprint density at radius 2 is 1.95 bits per heavy atom. The molecule has 108 valence electrons. The molecule has 3 heteroatoms. The van der Waals surface area contributed by atoms with Crippen molar-refractivity contribution in [3.8, 4) is 5.75 Å². The summed E-state index contributed by atoms with van der Waals surface area (Å²) in [6, 6.07) is 5.73. The van der Waals surface area contributed by atoms with E-state index in [1.54, 1.807) is 12.1 Å². The Morgan fingerprint density at radius 1 is 1.20 bits per heavy atom. The molecule has 0 radical (unpaired) electrons. The molecule has 2 atom stereocenters. The van der Waals surface area contributed by atoms with E-state index in [1.807, 2.05) is 17.9 Å². The molecule has 2 aliphatic rings. The highest BCUT2D eigenvalue weighted by molar-refractivity contribution is 5.97. The molecule has 0 bridgehead atoms. The second-order valence-electron chi connectivity index (χ2n) is 6.27. The summed E-state index contributed by atoms with van der Waals surface area (Å²) in [7, 11) is 0. The molecule has 0 aromatic heterocycles. The van der Waals surface area contributed by atoms with Gasteiger partial charge in [-0.05, 0) is 56.2 Å². The highest BCUT2D eigenvalue weighted by Crippen LogP contribution is 2.36. The molecule has 1 aromatic carbocycles. The third-order valence-electron chi connectivity index (χ3n) is 4.89. The monoisotopic (exact) mass is 273 g/mol. The van der Waals surface area contributed by atoms with E-state index in [4.69, 9.17) is 0 Å². The maximum absolute atomic E-state index is 12.8. The first-order valence-corrected chi connectivity index (χ1v) is 7.77. The Labute approximate surface area is 120 Å². The van der Waals surface area contributed by atoms with Crippen molar-refractivity contribution in [3.63, 3.8) is 0 Å². The number of aryl methyl sites for hydroxylation is 1. The summed E-state index contributed by atoms with van der Waals surface area (Å²) in [6.07, 6.45) is 7.27. The molecule has 1 aliphatic heterocycles. The van der Waals surface area contributed by atoms with Crippen LogP contribution in [0, 0.1) is 12.8 Å². The molecule has 1 amide bonds. The van der Waals surface area contributed by atoms with Gasteiger partial charge in [0.2, 0.25) is 0 Å². The van der Waals surface area contributed by atoms with Gasteiger partial charge >= 0.3 is 0 Å². The number of fused-ring (bicyclic) bond motifs is 1. The molecule has 3 rings (SSSR count). The van der Waals surface area contributed by atoms with Crippen LogP contribution < -0.4 is 0 Å². The second-order valence-corrected chi connectivity index (χ2v) is 6.27. The summed E-state index contributed by atoms with van der Waals surface area (Å²) < 4.78 is 0. The molecule has 3 nitrogen and oxygen atoms in total. The van der Waals surface area contributed by atoms with Crippen molar-refractivity contribution in [2.24, 2.45) is 5.92 Å². The number of carbonyl (C=O) groups is 1. The third kappa shape index (κ3) is 2.41. The Kier molecular flexibility index (Phi) is 3.68. The second kappa shape index (κ2) is 5.47. The average molecular weight is 273 g/mol. The molecule has 2 fully saturated rings. The van der Waals surface area contributed by atoms with Crippen LogP contribution in [0.15, 0.2) is 18.2 Å². The summed E-state index contributed by atoms with van der Waals surface area (Å²) in [5, 5.41) is 10.0. The van der Waals surface area contributed by atoms with Crippen molar-refractivity contribution in [1.29, 1.82) is 0 Å². The van der Waals surface area contributed by atoms with Gasteiger partial charge in [-0.3, -0.25) is 4.79 Å². The highest BCUT2D eigenvalue weighted by Gasteiger charge is 2.36. The lowest BCUT2D eigenvalue weighted by atomic mass is 9.78. The fourth-order valence-electron chi connectivity index (χ4n) is 3.85. The molecule has 1 saturated carbocycles. The maximum atomic E-state index is 12.8. The minimum atomic E-state index is 0.0131. The molecular formula is C17H23NO2.